The second-order valence-electron chi connectivity index (χ2n) is 2.33. The van der Waals surface area contributed by atoms with Crippen LogP contribution in [0.1, 0.15) is 0 Å². The molecule has 0 aliphatic carbocycles. The van der Waals surface area contributed by atoms with Gasteiger partial charge in [0.2, 0.25) is 0 Å². The van der Waals surface area contributed by atoms with Gasteiger partial charge in [0.05, 0.1) is 3.57 Å². The number of benzene rings is 1. The van der Waals surface area contributed by atoms with Crippen molar-refractivity contribution >= 4 is 44.4 Å². The van der Waals surface area contributed by atoms with E-state index in [0.717, 1.165) is 8.04 Å². The van der Waals surface area contributed by atoms with E-state index in [-0.39, 0.29) is 6.61 Å². The van der Waals surface area contributed by atoms with Crippen molar-refractivity contribution in [3.8, 4) is 5.75 Å². The summed E-state index contributed by atoms with van der Waals surface area (Å²) in [4.78, 5) is 10.5. The highest BCUT2D eigenvalue weighted by atomic mass is 127. The Morgan fingerprint density at radius 3 is 2.92 bits per heavy atom. The average molecular weight is 356 g/mol. The minimum Gasteiger partial charge on any atom is -0.483 e. The number of nitrogens with two attached hydrogens (primary N) is 1. The predicted octanol–water partition coefficient (Wildman–Crippen LogP) is 1.92. The number of ether oxygens (including phenoxy) is 1. The Morgan fingerprint density at radius 1 is 1.62 bits per heavy atom. The van der Waals surface area contributed by atoms with Crippen LogP contribution in [0.5, 0.6) is 5.75 Å². The average Bonchev–Trinajstić information content (AvgIpc) is 2.06. The summed E-state index contributed by atoms with van der Waals surface area (Å²) in [6.07, 6.45) is 0. The molecule has 1 rings (SSSR count). The molecule has 0 fully saturated rings. The number of primary amides is 1. The van der Waals surface area contributed by atoms with Crippen molar-refractivity contribution in [3.63, 3.8) is 0 Å². The Kier molecular flexibility index (Phi) is 3.98. The zero-order valence-electron chi connectivity index (χ0n) is 6.59. The molecular weight excluding hydrogens is 349 g/mol. The topological polar surface area (TPSA) is 52.3 Å². The van der Waals surface area contributed by atoms with E-state index in [1.807, 2.05) is 12.1 Å². The molecule has 0 radical (unpaired) electrons. The van der Waals surface area contributed by atoms with Gasteiger partial charge in [0.25, 0.3) is 5.91 Å². The molecule has 0 saturated carbocycles. The molecule has 1 aromatic carbocycles. The van der Waals surface area contributed by atoms with Crippen molar-refractivity contribution < 1.29 is 9.53 Å². The maximum Gasteiger partial charge on any atom is 0.255 e. The summed E-state index contributed by atoms with van der Waals surface area (Å²) in [6.45, 7) is -0.0908. The van der Waals surface area contributed by atoms with Crippen molar-refractivity contribution in [3.05, 3.63) is 26.2 Å². The highest BCUT2D eigenvalue weighted by Gasteiger charge is 2.02. The zero-order chi connectivity index (χ0) is 9.84. The van der Waals surface area contributed by atoms with Crippen LogP contribution < -0.4 is 10.5 Å². The first-order chi connectivity index (χ1) is 6.09. The summed E-state index contributed by atoms with van der Waals surface area (Å²) in [5.41, 5.74) is 4.95. The van der Waals surface area contributed by atoms with E-state index in [1.54, 1.807) is 6.07 Å². The molecule has 0 unspecified atom stereocenters. The van der Waals surface area contributed by atoms with Gasteiger partial charge in [-0.2, -0.15) is 0 Å². The molecule has 0 atom stereocenters. The third kappa shape index (κ3) is 3.51. The lowest BCUT2D eigenvalue weighted by Gasteiger charge is -2.05. The molecule has 3 nitrogen and oxygen atoms in total. The van der Waals surface area contributed by atoms with Crippen LogP contribution in [-0.2, 0) is 4.79 Å². The van der Waals surface area contributed by atoms with Gasteiger partial charge in [-0.3, -0.25) is 4.79 Å². The van der Waals surface area contributed by atoms with Crippen LogP contribution in [0.25, 0.3) is 0 Å². The summed E-state index contributed by atoms with van der Waals surface area (Å²) in [7, 11) is 0. The van der Waals surface area contributed by atoms with Gasteiger partial charge in [0.15, 0.2) is 6.61 Å². The van der Waals surface area contributed by atoms with Gasteiger partial charge in [-0.25, -0.2) is 0 Å². The van der Waals surface area contributed by atoms with E-state index in [4.69, 9.17) is 10.5 Å². The molecule has 0 heterocycles. The highest BCUT2D eigenvalue weighted by molar-refractivity contribution is 14.1. The number of carbonyl (C=O) groups is 1. The molecule has 0 aliphatic heterocycles. The van der Waals surface area contributed by atoms with Crippen LogP contribution in [0.15, 0.2) is 22.7 Å². The first-order valence-corrected chi connectivity index (χ1v) is 5.33. The fraction of sp³-hybridized carbons (Fsp3) is 0.125. The number of hydrogen-bond donors (Lipinski definition) is 1. The Bertz CT molecular complexity index is 330. The molecule has 70 valence electrons. The lowest BCUT2D eigenvalue weighted by Crippen LogP contribution is -2.20. The number of hydrogen-bond acceptors (Lipinski definition) is 2. The fourth-order valence-electron chi connectivity index (χ4n) is 0.737. The largest absolute Gasteiger partial charge is 0.483 e. The monoisotopic (exact) mass is 355 g/mol. The Balaban J connectivity index is 2.75. The maximum absolute atomic E-state index is 10.5. The molecule has 0 aromatic heterocycles. The standard InChI is InChI=1S/C8H7BrINO2/c9-5-1-2-6(10)7(3-5)13-4-8(11)12/h1-3H,4H2,(H2,11,12). The molecular formula is C8H7BrINO2. The number of rotatable bonds is 3. The Hall–Kier alpha value is -0.300. The van der Waals surface area contributed by atoms with E-state index < -0.39 is 5.91 Å². The van der Waals surface area contributed by atoms with Crippen LogP contribution in [0.3, 0.4) is 0 Å². The van der Waals surface area contributed by atoms with Crippen LogP contribution in [-0.4, -0.2) is 12.5 Å². The van der Waals surface area contributed by atoms with Crippen molar-refractivity contribution in [1.29, 1.82) is 0 Å². The van der Waals surface area contributed by atoms with E-state index in [2.05, 4.69) is 38.5 Å². The zero-order valence-corrected chi connectivity index (χ0v) is 10.3. The van der Waals surface area contributed by atoms with Crippen molar-refractivity contribution in [2.75, 3.05) is 6.61 Å². The molecule has 1 amide bonds. The lowest BCUT2D eigenvalue weighted by atomic mass is 10.3. The highest BCUT2D eigenvalue weighted by Crippen LogP contribution is 2.24. The first-order valence-electron chi connectivity index (χ1n) is 3.46. The third-order valence-corrected chi connectivity index (χ3v) is 2.65. The van der Waals surface area contributed by atoms with Crippen LogP contribution >= 0.6 is 38.5 Å². The Labute approximate surface area is 97.9 Å². The first kappa shape index (κ1) is 10.8. The molecule has 0 saturated heterocycles. The number of carbonyl (C=O) groups excluding carboxylic acids is 1. The number of halogens is 2. The second kappa shape index (κ2) is 4.80. The minimum absolute atomic E-state index is 0.0908. The minimum atomic E-state index is -0.476. The van der Waals surface area contributed by atoms with E-state index >= 15 is 0 Å². The van der Waals surface area contributed by atoms with Gasteiger partial charge in [0, 0.05) is 4.47 Å². The van der Waals surface area contributed by atoms with Gasteiger partial charge in [-0.1, -0.05) is 15.9 Å². The molecule has 13 heavy (non-hydrogen) atoms. The normalized spacial score (nSPS) is 9.69. The summed E-state index contributed by atoms with van der Waals surface area (Å²) in [6, 6.07) is 5.59. The van der Waals surface area contributed by atoms with E-state index in [1.165, 1.54) is 0 Å². The van der Waals surface area contributed by atoms with Gasteiger partial charge >= 0.3 is 0 Å². The summed E-state index contributed by atoms with van der Waals surface area (Å²) >= 11 is 5.43. The second-order valence-corrected chi connectivity index (χ2v) is 4.41. The summed E-state index contributed by atoms with van der Waals surface area (Å²) < 4.78 is 7.02. The lowest BCUT2D eigenvalue weighted by molar-refractivity contribution is -0.119. The van der Waals surface area contributed by atoms with Gasteiger partial charge in [-0.05, 0) is 40.8 Å². The predicted molar refractivity (Wildman–Crippen MR) is 61.5 cm³/mol. The van der Waals surface area contributed by atoms with Crippen molar-refractivity contribution in [2.45, 2.75) is 0 Å². The smallest absolute Gasteiger partial charge is 0.255 e. The van der Waals surface area contributed by atoms with Crippen LogP contribution in [0.2, 0.25) is 0 Å². The molecule has 2 N–H and O–H groups in total. The molecule has 0 spiro atoms. The SMILES string of the molecule is NC(=O)COc1cc(Br)ccc1I. The van der Waals surface area contributed by atoms with Crippen LogP contribution in [0, 0.1) is 3.57 Å². The van der Waals surface area contributed by atoms with Gasteiger partial charge in [-0.15, -0.1) is 0 Å². The third-order valence-electron chi connectivity index (χ3n) is 1.26. The maximum atomic E-state index is 10.5. The fourth-order valence-corrected chi connectivity index (χ4v) is 1.57. The number of amides is 1. The van der Waals surface area contributed by atoms with E-state index in [9.17, 15) is 4.79 Å². The summed E-state index contributed by atoms with van der Waals surface area (Å²) in [5.74, 6) is 0.185. The van der Waals surface area contributed by atoms with Gasteiger partial charge in [0.1, 0.15) is 5.75 Å². The quantitative estimate of drug-likeness (QED) is 0.842. The Morgan fingerprint density at radius 2 is 2.31 bits per heavy atom. The van der Waals surface area contributed by atoms with Crippen LogP contribution in [0.4, 0.5) is 0 Å². The van der Waals surface area contributed by atoms with Gasteiger partial charge < -0.3 is 10.5 Å². The van der Waals surface area contributed by atoms with E-state index in [0.29, 0.717) is 5.75 Å². The van der Waals surface area contributed by atoms with Crippen molar-refractivity contribution in [1.82, 2.24) is 0 Å². The summed E-state index contributed by atoms with van der Waals surface area (Å²) in [5, 5.41) is 0. The molecule has 0 aliphatic rings. The molecule has 5 heteroatoms. The molecule has 0 bridgehead atoms. The molecule has 1 aromatic rings. The van der Waals surface area contributed by atoms with Crippen molar-refractivity contribution in [2.24, 2.45) is 5.73 Å².